The first-order valence-electron chi connectivity index (χ1n) is 9.22. The lowest BCUT2D eigenvalue weighted by Crippen LogP contribution is -2.34. The summed E-state index contributed by atoms with van der Waals surface area (Å²) in [6.07, 6.45) is 4.01. The zero-order valence-electron chi connectivity index (χ0n) is 15.6. The van der Waals surface area contributed by atoms with Crippen LogP contribution in [0.1, 0.15) is 50.4 Å². The van der Waals surface area contributed by atoms with Crippen molar-refractivity contribution in [1.29, 1.82) is 0 Å². The number of alkyl carbamates (subject to hydrolysis) is 1. The Morgan fingerprint density at radius 3 is 2.93 bits per heavy atom. The van der Waals surface area contributed by atoms with Gasteiger partial charge >= 0.3 is 6.09 Å². The average molecular weight is 371 g/mol. The number of H-pyrrole nitrogens is 1. The maximum absolute atomic E-state index is 12.1. The van der Waals surface area contributed by atoms with Crippen LogP contribution in [0.15, 0.2) is 30.5 Å². The fraction of sp³-hybridized carbons (Fsp3) is 0.474. The van der Waals surface area contributed by atoms with Crippen LogP contribution in [0.5, 0.6) is 0 Å². The highest BCUT2D eigenvalue weighted by molar-refractivity contribution is 5.91. The van der Waals surface area contributed by atoms with E-state index in [0.717, 1.165) is 25.0 Å². The summed E-state index contributed by atoms with van der Waals surface area (Å²) in [5.74, 6) is 0.610. The summed E-state index contributed by atoms with van der Waals surface area (Å²) in [5.41, 5.74) is 1.67. The van der Waals surface area contributed by atoms with Crippen LogP contribution in [0.25, 0.3) is 0 Å². The topological polar surface area (TPSA) is 109 Å². The maximum Gasteiger partial charge on any atom is 0.407 e. The molecule has 0 bridgehead atoms. The largest absolute Gasteiger partial charge is 0.447 e. The third-order valence-corrected chi connectivity index (χ3v) is 4.47. The minimum atomic E-state index is -0.372. The highest BCUT2D eigenvalue weighted by atomic mass is 16.6. The molecule has 8 heteroatoms. The summed E-state index contributed by atoms with van der Waals surface area (Å²) in [6, 6.07) is 7.42. The Balaban J connectivity index is 1.49. The number of hydrogen-bond acceptors (Lipinski definition) is 5. The fourth-order valence-corrected chi connectivity index (χ4v) is 3.27. The molecule has 0 spiro atoms. The molecular weight excluding hydrogens is 346 g/mol. The normalized spacial score (nSPS) is 19.1. The van der Waals surface area contributed by atoms with Gasteiger partial charge in [-0.2, -0.15) is 5.10 Å². The molecule has 2 aromatic heterocycles. The summed E-state index contributed by atoms with van der Waals surface area (Å²) >= 11 is 0. The number of hydrogen-bond donors (Lipinski definition) is 3. The van der Waals surface area contributed by atoms with Gasteiger partial charge in [-0.05, 0) is 45.2 Å². The molecule has 2 aromatic rings. The van der Waals surface area contributed by atoms with Crippen molar-refractivity contribution >= 4 is 17.8 Å². The first kappa shape index (κ1) is 18.9. The van der Waals surface area contributed by atoms with Crippen molar-refractivity contribution in [2.75, 3.05) is 5.32 Å². The van der Waals surface area contributed by atoms with Crippen LogP contribution in [0.3, 0.4) is 0 Å². The highest BCUT2D eigenvalue weighted by Crippen LogP contribution is 2.34. The Hall–Kier alpha value is -2.90. The number of carbonyl (C=O) groups excluding carboxylic acids is 2. The van der Waals surface area contributed by atoms with Crippen molar-refractivity contribution in [2.45, 2.75) is 57.6 Å². The van der Waals surface area contributed by atoms with E-state index in [2.05, 4.69) is 25.8 Å². The first-order chi connectivity index (χ1) is 13.0. The van der Waals surface area contributed by atoms with Crippen LogP contribution in [0.4, 0.5) is 10.6 Å². The molecule has 2 atom stereocenters. The molecule has 1 aliphatic rings. The highest BCUT2D eigenvalue weighted by Gasteiger charge is 2.29. The van der Waals surface area contributed by atoms with Gasteiger partial charge in [-0.15, -0.1) is 0 Å². The van der Waals surface area contributed by atoms with Crippen molar-refractivity contribution in [2.24, 2.45) is 0 Å². The van der Waals surface area contributed by atoms with E-state index in [4.69, 9.17) is 4.74 Å². The van der Waals surface area contributed by atoms with Gasteiger partial charge in [0.05, 0.1) is 12.5 Å². The predicted octanol–water partition coefficient (Wildman–Crippen LogP) is 2.76. The van der Waals surface area contributed by atoms with Gasteiger partial charge in [0.1, 0.15) is 0 Å². The second kappa shape index (κ2) is 8.66. The van der Waals surface area contributed by atoms with Gasteiger partial charge in [-0.3, -0.25) is 14.9 Å². The number of rotatable bonds is 6. The second-order valence-electron chi connectivity index (χ2n) is 7.06. The quantitative estimate of drug-likeness (QED) is 0.723. The van der Waals surface area contributed by atoms with Gasteiger partial charge in [0.25, 0.3) is 0 Å². The van der Waals surface area contributed by atoms with Crippen molar-refractivity contribution in [3.05, 3.63) is 41.9 Å². The second-order valence-corrected chi connectivity index (χ2v) is 7.06. The number of nitrogens with zero attached hydrogens (tertiary/aromatic N) is 2. The lowest BCUT2D eigenvalue weighted by Gasteiger charge is -2.14. The predicted molar refractivity (Wildman–Crippen MR) is 100 cm³/mol. The van der Waals surface area contributed by atoms with Crippen molar-refractivity contribution in [1.82, 2.24) is 20.5 Å². The minimum absolute atomic E-state index is 0.0896. The smallest absolute Gasteiger partial charge is 0.407 e. The van der Waals surface area contributed by atoms with Crippen molar-refractivity contribution in [3.8, 4) is 0 Å². The third kappa shape index (κ3) is 5.54. The zero-order chi connectivity index (χ0) is 19.2. The molecule has 0 saturated heterocycles. The molecule has 3 N–H and O–H groups in total. The summed E-state index contributed by atoms with van der Waals surface area (Å²) in [7, 11) is 0. The molecule has 8 nitrogen and oxygen atoms in total. The van der Waals surface area contributed by atoms with E-state index in [1.165, 1.54) is 0 Å². The van der Waals surface area contributed by atoms with Crippen LogP contribution in [0, 0.1) is 0 Å². The molecule has 144 valence electrons. The number of aromatic amines is 1. The van der Waals surface area contributed by atoms with Gasteiger partial charge in [0, 0.05) is 35.6 Å². The molecule has 1 aliphatic carbocycles. The van der Waals surface area contributed by atoms with Crippen molar-refractivity contribution in [3.63, 3.8) is 0 Å². The Morgan fingerprint density at radius 2 is 2.19 bits per heavy atom. The van der Waals surface area contributed by atoms with Crippen molar-refractivity contribution < 1.29 is 14.3 Å². The van der Waals surface area contributed by atoms with Gasteiger partial charge in [0.15, 0.2) is 5.82 Å². The molecule has 0 aliphatic heterocycles. The van der Waals surface area contributed by atoms with Gasteiger partial charge in [0.2, 0.25) is 5.91 Å². The zero-order valence-corrected chi connectivity index (χ0v) is 15.6. The lowest BCUT2D eigenvalue weighted by molar-refractivity contribution is -0.115. The summed E-state index contributed by atoms with van der Waals surface area (Å²) < 4.78 is 5.13. The van der Waals surface area contributed by atoms with E-state index in [-0.39, 0.29) is 36.5 Å². The van der Waals surface area contributed by atoms with E-state index in [1.54, 1.807) is 6.20 Å². The van der Waals surface area contributed by atoms with E-state index in [9.17, 15) is 9.59 Å². The van der Waals surface area contributed by atoms with Gasteiger partial charge in [-0.25, -0.2) is 4.79 Å². The summed E-state index contributed by atoms with van der Waals surface area (Å²) in [4.78, 5) is 28.0. The molecule has 2 heterocycles. The van der Waals surface area contributed by atoms with Gasteiger partial charge in [-0.1, -0.05) is 6.07 Å². The average Bonchev–Trinajstić information content (AvgIpc) is 3.24. The number of pyridine rings is 1. The summed E-state index contributed by atoms with van der Waals surface area (Å²) in [6.45, 7) is 3.65. The van der Waals surface area contributed by atoms with Crippen LogP contribution < -0.4 is 10.6 Å². The third-order valence-electron chi connectivity index (χ3n) is 4.47. The molecule has 0 radical (unpaired) electrons. The minimum Gasteiger partial charge on any atom is -0.447 e. The lowest BCUT2D eigenvalue weighted by atomic mass is 10.0. The van der Waals surface area contributed by atoms with E-state index < -0.39 is 0 Å². The Labute approximate surface area is 158 Å². The maximum atomic E-state index is 12.1. The Bertz CT molecular complexity index is 775. The SMILES string of the molecule is CC(C)OC(=O)N[C@@H]1CC[C@H](c2cc(NC(=O)Cc3ccccn3)n[nH]2)C1. The van der Waals surface area contributed by atoms with Gasteiger partial charge < -0.3 is 15.4 Å². The molecule has 3 rings (SSSR count). The summed E-state index contributed by atoms with van der Waals surface area (Å²) in [5, 5.41) is 12.9. The number of carbonyl (C=O) groups is 2. The number of anilines is 1. The van der Waals surface area contributed by atoms with E-state index >= 15 is 0 Å². The van der Waals surface area contributed by atoms with Crippen LogP contribution in [-0.4, -0.2) is 39.3 Å². The molecule has 1 fully saturated rings. The molecule has 27 heavy (non-hydrogen) atoms. The Morgan fingerprint density at radius 1 is 1.33 bits per heavy atom. The molecular formula is C19H25N5O3. The van der Waals surface area contributed by atoms with Crippen LogP contribution in [0.2, 0.25) is 0 Å². The monoisotopic (exact) mass is 371 g/mol. The van der Waals surface area contributed by atoms with Crippen LogP contribution >= 0.6 is 0 Å². The number of amides is 2. The van der Waals surface area contributed by atoms with E-state index in [0.29, 0.717) is 11.5 Å². The Kier molecular flexibility index (Phi) is 6.05. The molecule has 1 saturated carbocycles. The van der Waals surface area contributed by atoms with Crippen LogP contribution in [-0.2, 0) is 16.0 Å². The number of aromatic nitrogens is 3. The fourth-order valence-electron chi connectivity index (χ4n) is 3.27. The number of ether oxygens (including phenoxy) is 1. The molecule has 2 amide bonds. The molecule has 0 aromatic carbocycles. The first-order valence-corrected chi connectivity index (χ1v) is 9.22. The molecule has 0 unspecified atom stereocenters. The van der Waals surface area contributed by atoms with E-state index in [1.807, 2.05) is 38.1 Å². The standard InChI is InChI=1S/C19H25N5O3/c1-12(2)27-19(26)21-15-7-6-13(9-15)16-11-17(24-23-16)22-18(25)10-14-5-3-4-8-20-14/h3-5,8,11-13,15H,6-7,9-10H2,1-2H3,(H,21,26)(H2,22,23,24,25)/t13-,15+/m0/s1. The number of nitrogens with one attached hydrogen (secondary N) is 3.